The minimum absolute atomic E-state index is 0.159. The smallest absolute Gasteiger partial charge is 0.227 e. The Morgan fingerprint density at radius 2 is 2.18 bits per heavy atom. The molecule has 1 saturated carbocycles. The van der Waals surface area contributed by atoms with E-state index in [1.807, 2.05) is 29.3 Å². The number of carbonyl (C=O) groups is 1. The summed E-state index contributed by atoms with van der Waals surface area (Å²) in [5.41, 5.74) is 2.03. The van der Waals surface area contributed by atoms with Crippen molar-refractivity contribution < 1.29 is 9.53 Å². The maximum atomic E-state index is 13.0. The van der Waals surface area contributed by atoms with Crippen LogP contribution in [0.1, 0.15) is 54.7 Å². The van der Waals surface area contributed by atoms with Crippen molar-refractivity contribution in [2.45, 2.75) is 43.9 Å². The number of carbonyl (C=O) groups excluding carboxylic acids is 1. The molecule has 2 aliphatic rings. The molecule has 1 amide bonds. The molecule has 0 spiro atoms. The molecule has 0 bridgehead atoms. The second-order valence-corrected chi connectivity index (χ2v) is 7.93. The third-order valence-corrected chi connectivity index (χ3v) is 5.94. The van der Waals surface area contributed by atoms with Crippen LogP contribution in [-0.4, -0.2) is 51.2 Å². The molecule has 3 aromatic rings. The predicted molar refractivity (Wildman–Crippen MR) is 105 cm³/mol. The zero-order valence-electron chi connectivity index (χ0n) is 16.1. The Morgan fingerprint density at radius 3 is 3.00 bits per heavy atom. The highest BCUT2D eigenvalue weighted by molar-refractivity contribution is 5.89. The first-order valence-electron chi connectivity index (χ1n) is 10.0. The van der Waals surface area contributed by atoms with Gasteiger partial charge in [0.2, 0.25) is 5.91 Å². The maximum absolute atomic E-state index is 13.0. The molecule has 1 atom stereocenters. The largest absolute Gasteiger partial charge is 0.497 e. The van der Waals surface area contributed by atoms with E-state index in [0.29, 0.717) is 18.9 Å². The Bertz CT molecular complexity index is 1000. The summed E-state index contributed by atoms with van der Waals surface area (Å²) in [6.45, 7) is 1.51. The molecule has 2 fully saturated rings. The van der Waals surface area contributed by atoms with Gasteiger partial charge in [0.25, 0.3) is 0 Å². The number of benzene rings is 1. The standard InChI is InChI=1S/C21H25N5O2/c1-28-16-6-7-18-17(10-16)15(11-22-18)9-19(27)26-8-2-3-14(12-26)21-23-20(24-25-21)13-4-5-13/h6-7,10-11,13-14,22H,2-5,8-9,12H2,1H3,(H,23,24,25). The number of nitrogens with zero attached hydrogens (tertiary/aromatic N) is 3. The lowest BCUT2D eigenvalue weighted by molar-refractivity contribution is -0.131. The molecule has 2 aromatic heterocycles. The summed E-state index contributed by atoms with van der Waals surface area (Å²) < 4.78 is 5.33. The molecule has 1 aliphatic carbocycles. The Morgan fingerprint density at radius 1 is 1.29 bits per heavy atom. The fourth-order valence-corrected chi connectivity index (χ4v) is 4.13. The van der Waals surface area contributed by atoms with E-state index in [9.17, 15) is 4.79 Å². The van der Waals surface area contributed by atoms with Crippen LogP contribution in [-0.2, 0) is 11.2 Å². The molecule has 0 radical (unpaired) electrons. The van der Waals surface area contributed by atoms with Crippen LogP contribution in [0.15, 0.2) is 24.4 Å². The van der Waals surface area contributed by atoms with Crippen LogP contribution in [0.3, 0.4) is 0 Å². The third kappa shape index (κ3) is 3.25. The monoisotopic (exact) mass is 379 g/mol. The number of ether oxygens (including phenoxy) is 1. The molecular formula is C21H25N5O2. The van der Waals surface area contributed by atoms with E-state index in [0.717, 1.165) is 53.3 Å². The van der Waals surface area contributed by atoms with E-state index >= 15 is 0 Å². The fraction of sp³-hybridized carbons (Fsp3) is 0.476. The van der Waals surface area contributed by atoms with Crippen LogP contribution in [0.5, 0.6) is 5.75 Å². The van der Waals surface area contributed by atoms with Crippen LogP contribution in [0, 0.1) is 0 Å². The quantitative estimate of drug-likeness (QED) is 0.713. The number of rotatable bonds is 5. The topological polar surface area (TPSA) is 86.9 Å². The number of nitrogens with one attached hydrogen (secondary N) is 2. The normalized spacial score (nSPS) is 19.9. The lowest BCUT2D eigenvalue weighted by Gasteiger charge is -2.31. The van der Waals surface area contributed by atoms with Gasteiger partial charge < -0.3 is 14.6 Å². The molecule has 7 heteroatoms. The van der Waals surface area contributed by atoms with E-state index in [4.69, 9.17) is 9.72 Å². The van der Waals surface area contributed by atoms with Gasteiger partial charge in [-0.1, -0.05) is 0 Å². The zero-order chi connectivity index (χ0) is 19.1. The summed E-state index contributed by atoms with van der Waals surface area (Å²) in [4.78, 5) is 22.9. The number of likely N-dealkylation sites (tertiary alicyclic amines) is 1. The lowest BCUT2D eigenvalue weighted by Crippen LogP contribution is -2.40. The molecule has 7 nitrogen and oxygen atoms in total. The van der Waals surface area contributed by atoms with Crippen molar-refractivity contribution in [2.75, 3.05) is 20.2 Å². The number of aromatic amines is 2. The van der Waals surface area contributed by atoms with Gasteiger partial charge in [0.1, 0.15) is 11.6 Å². The van der Waals surface area contributed by atoms with Gasteiger partial charge >= 0.3 is 0 Å². The lowest BCUT2D eigenvalue weighted by atomic mass is 9.96. The molecule has 146 valence electrons. The van der Waals surface area contributed by atoms with Crippen molar-refractivity contribution in [2.24, 2.45) is 0 Å². The van der Waals surface area contributed by atoms with Gasteiger partial charge in [-0.15, -0.1) is 0 Å². The average molecular weight is 379 g/mol. The molecule has 1 aromatic carbocycles. The minimum Gasteiger partial charge on any atom is -0.497 e. The van der Waals surface area contributed by atoms with Gasteiger partial charge in [-0.05, 0) is 49.4 Å². The van der Waals surface area contributed by atoms with E-state index in [1.165, 1.54) is 12.8 Å². The minimum atomic E-state index is 0.159. The summed E-state index contributed by atoms with van der Waals surface area (Å²) in [6, 6.07) is 5.90. The summed E-state index contributed by atoms with van der Waals surface area (Å²) in [5, 5.41) is 8.58. The third-order valence-electron chi connectivity index (χ3n) is 5.94. The molecule has 28 heavy (non-hydrogen) atoms. The number of hydrogen-bond donors (Lipinski definition) is 2. The Balaban J connectivity index is 1.29. The summed E-state index contributed by atoms with van der Waals surface area (Å²) in [6.07, 6.45) is 6.77. The zero-order valence-corrected chi connectivity index (χ0v) is 16.1. The first-order chi connectivity index (χ1) is 13.7. The molecular weight excluding hydrogens is 354 g/mol. The first kappa shape index (κ1) is 17.3. The second kappa shape index (κ2) is 6.96. The van der Waals surface area contributed by atoms with Crippen molar-refractivity contribution in [1.82, 2.24) is 25.1 Å². The van der Waals surface area contributed by atoms with Crippen LogP contribution < -0.4 is 4.74 Å². The Kier molecular flexibility index (Phi) is 4.30. The molecule has 3 heterocycles. The highest BCUT2D eigenvalue weighted by Crippen LogP contribution is 2.38. The maximum Gasteiger partial charge on any atom is 0.227 e. The summed E-state index contributed by atoms with van der Waals surface area (Å²) >= 11 is 0. The average Bonchev–Trinajstić information content (AvgIpc) is 3.33. The van der Waals surface area contributed by atoms with Crippen LogP contribution in [0.2, 0.25) is 0 Å². The van der Waals surface area contributed by atoms with Crippen LogP contribution in [0.4, 0.5) is 0 Å². The van der Waals surface area contributed by atoms with Crippen molar-refractivity contribution >= 4 is 16.8 Å². The summed E-state index contributed by atoms with van der Waals surface area (Å²) in [7, 11) is 1.66. The van der Waals surface area contributed by atoms with E-state index in [-0.39, 0.29) is 11.8 Å². The predicted octanol–water partition coefficient (Wildman–Crippen LogP) is 3.12. The molecule has 5 rings (SSSR count). The number of hydrogen-bond acceptors (Lipinski definition) is 4. The number of amides is 1. The Labute approximate surface area is 163 Å². The molecule has 1 saturated heterocycles. The van der Waals surface area contributed by atoms with Crippen molar-refractivity contribution in [3.8, 4) is 5.75 Å². The van der Waals surface area contributed by atoms with E-state index in [2.05, 4.69) is 15.2 Å². The number of fused-ring (bicyclic) bond motifs is 1. The van der Waals surface area contributed by atoms with Crippen molar-refractivity contribution in [3.63, 3.8) is 0 Å². The number of H-pyrrole nitrogens is 2. The van der Waals surface area contributed by atoms with Gasteiger partial charge in [-0.25, -0.2) is 4.98 Å². The molecule has 1 unspecified atom stereocenters. The number of methoxy groups -OCH3 is 1. The van der Waals surface area contributed by atoms with Crippen molar-refractivity contribution in [3.05, 3.63) is 41.6 Å². The van der Waals surface area contributed by atoms with Gasteiger partial charge in [0, 0.05) is 42.0 Å². The van der Waals surface area contributed by atoms with Crippen molar-refractivity contribution in [1.29, 1.82) is 0 Å². The van der Waals surface area contributed by atoms with E-state index < -0.39 is 0 Å². The summed E-state index contributed by atoms with van der Waals surface area (Å²) in [5.74, 6) is 3.65. The highest BCUT2D eigenvalue weighted by Gasteiger charge is 2.31. The fourth-order valence-electron chi connectivity index (χ4n) is 4.13. The van der Waals surface area contributed by atoms with E-state index in [1.54, 1.807) is 7.11 Å². The Hall–Kier alpha value is -2.83. The van der Waals surface area contributed by atoms with Gasteiger partial charge in [-0.3, -0.25) is 9.89 Å². The van der Waals surface area contributed by atoms with Gasteiger partial charge in [0.15, 0.2) is 5.82 Å². The van der Waals surface area contributed by atoms with Gasteiger partial charge in [0.05, 0.1) is 13.5 Å². The SMILES string of the molecule is COc1ccc2[nH]cc(CC(=O)N3CCCC(c4n[nH]c(C5CC5)n4)C3)c2c1. The number of piperidine rings is 1. The molecule has 2 N–H and O–H groups in total. The number of aromatic nitrogens is 4. The molecule has 1 aliphatic heterocycles. The second-order valence-electron chi connectivity index (χ2n) is 7.93. The van der Waals surface area contributed by atoms with Crippen LogP contribution >= 0.6 is 0 Å². The first-order valence-corrected chi connectivity index (χ1v) is 10.0. The highest BCUT2D eigenvalue weighted by atomic mass is 16.5. The van der Waals surface area contributed by atoms with Crippen LogP contribution in [0.25, 0.3) is 10.9 Å². The van der Waals surface area contributed by atoms with Gasteiger partial charge in [-0.2, -0.15) is 5.10 Å².